The van der Waals surface area contributed by atoms with Crippen molar-refractivity contribution < 1.29 is 19.4 Å². The van der Waals surface area contributed by atoms with Crippen molar-refractivity contribution in [1.82, 2.24) is 0 Å². The van der Waals surface area contributed by atoms with Crippen molar-refractivity contribution >= 4 is 28.5 Å². The number of ether oxygens (including phenoxy) is 1. The van der Waals surface area contributed by atoms with Crippen molar-refractivity contribution in [3.63, 3.8) is 0 Å². The van der Waals surface area contributed by atoms with Gasteiger partial charge in [0, 0.05) is 28.6 Å². The molecule has 0 unspecified atom stereocenters. The Hall–Kier alpha value is -1.47. The Morgan fingerprint density at radius 2 is 2.00 bits per heavy atom. The molecule has 110 valence electrons. The van der Waals surface area contributed by atoms with E-state index in [1.165, 1.54) is 0 Å². The fourth-order valence-electron chi connectivity index (χ4n) is 2.00. The van der Waals surface area contributed by atoms with Gasteiger partial charge in [-0.1, -0.05) is 18.5 Å². The lowest BCUT2D eigenvalue weighted by atomic mass is 10.1. The number of rotatable bonds is 5. The van der Waals surface area contributed by atoms with Crippen molar-refractivity contribution in [2.45, 2.75) is 19.2 Å². The van der Waals surface area contributed by atoms with Gasteiger partial charge >= 0.3 is 0 Å². The molecule has 0 aliphatic rings. The van der Waals surface area contributed by atoms with Crippen molar-refractivity contribution in [3.8, 4) is 5.75 Å². The van der Waals surface area contributed by atoms with Crippen LogP contribution in [0.15, 0.2) is 29.2 Å². The van der Waals surface area contributed by atoms with E-state index in [2.05, 4.69) is 14.7 Å². The van der Waals surface area contributed by atoms with Gasteiger partial charge in [-0.05, 0) is 30.5 Å². The van der Waals surface area contributed by atoms with E-state index >= 15 is 0 Å². The molecular weight excluding hydrogens is 278 g/mol. The molecule has 2 aromatic rings. The minimum atomic E-state index is 0. The first-order valence-electron chi connectivity index (χ1n) is 5.65. The average Bonchev–Trinajstić information content (AvgIpc) is 2.44. The highest BCUT2D eigenvalue weighted by molar-refractivity contribution is 7.94. The Labute approximate surface area is 122 Å². The molecule has 0 aromatic heterocycles. The summed E-state index contributed by atoms with van der Waals surface area (Å²) >= 11 is 0.934. The third kappa shape index (κ3) is 3.16. The maximum atomic E-state index is 8.24. The van der Waals surface area contributed by atoms with Crippen molar-refractivity contribution in [3.05, 3.63) is 29.8 Å². The van der Waals surface area contributed by atoms with Gasteiger partial charge in [-0.15, -0.1) is 4.33 Å². The molecule has 0 saturated carbocycles. The molecule has 0 spiro atoms. The molecule has 0 aliphatic heterocycles. The molecule has 2 N–H and O–H groups in total. The number of hydrogen-bond acceptors (Lipinski definition) is 6. The number of anilines is 1. The van der Waals surface area contributed by atoms with E-state index < -0.39 is 0 Å². The van der Waals surface area contributed by atoms with Crippen LogP contribution in [-0.4, -0.2) is 19.4 Å². The van der Waals surface area contributed by atoms with Crippen molar-refractivity contribution in [2.24, 2.45) is 0 Å². The lowest BCUT2D eigenvalue weighted by Gasteiger charge is -2.13. The third-order valence-electron chi connectivity index (χ3n) is 2.94. The van der Waals surface area contributed by atoms with Crippen LogP contribution in [0.5, 0.6) is 5.75 Å². The molecule has 5 nitrogen and oxygen atoms in total. The van der Waals surface area contributed by atoms with E-state index in [9.17, 15) is 0 Å². The van der Waals surface area contributed by atoms with Crippen LogP contribution in [0.3, 0.4) is 0 Å². The molecule has 0 amide bonds. The van der Waals surface area contributed by atoms with Gasteiger partial charge in [-0.2, -0.15) is 0 Å². The van der Waals surface area contributed by atoms with E-state index in [0.717, 1.165) is 44.7 Å². The van der Waals surface area contributed by atoms with E-state index in [0.29, 0.717) is 0 Å². The fraction of sp³-hybridized carbons (Fsp3) is 0.286. The number of benzene rings is 2. The van der Waals surface area contributed by atoms with E-state index in [-0.39, 0.29) is 7.43 Å². The van der Waals surface area contributed by atoms with Gasteiger partial charge in [0.05, 0.1) is 19.2 Å². The van der Waals surface area contributed by atoms with E-state index in [1.54, 1.807) is 7.11 Å². The normalized spacial score (nSPS) is 10.2. The molecule has 2 aromatic carbocycles. The van der Waals surface area contributed by atoms with Gasteiger partial charge in [0.15, 0.2) is 0 Å². The van der Waals surface area contributed by atoms with Crippen LogP contribution in [0.4, 0.5) is 5.69 Å². The zero-order valence-corrected chi connectivity index (χ0v) is 11.7. The van der Waals surface area contributed by atoms with Crippen molar-refractivity contribution in [2.75, 3.05) is 19.5 Å². The van der Waals surface area contributed by atoms with Gasteiger partial charge in [0.2, 0.25) is 0 Å². The molecule has 0 aliphatic carbocycles. The standard InChI is InChI=1S/C13H15NO4S.CH4/c1-8-12(19-18-17-15)6-9-4-5-10(14-2)7-11(9)13(8)16-3;/h4-7,14-15H,1-3H3;1H4. The summed E-state index contributed by atoms with van der Waals surface area (Å²) in [5.41, 5.74) is 1.94. The number of nitrogens with one attached hydrogen (secondary N) is 1. The Balaban J connectivity index is 0.00000200. The summed E-state index contributed by atoms with van der Waals surface area (Å²) < 4.78 is 9.98. The van der Waals surface area contributed by atoms with Gasteiger partial charge in [0.1, 0.15) is 5.75 Å². The first-order valence-corrected chi connectivity index (χ1v) is 6.39. The van der Waals surface area contributed by atoms with Crippen LogP contribution in [0.2, 0.25) is 0 Å². The summed E-state index contributed by atoms with van der Waals surface area (Å²) in [4.78, 5) is 0.815. The quantitative estimate of drug-likeness (QED) is 0.488. The second-order valence-corrected chi connectivity index (χ2v) is 4.69. The summed E-state index contributed by atoms with van der Waals surface area (Å²) in [6.45, 7) is 1.92. The monoisotopic (exact) mass is 297 g/mol. The van der Waals surface area contributed by atoms with Gasteiger partial charge in [-0.3, -0.25) is 0 Å². The second kappa shape index (κ2) is 7.35. The van der Waals surface area contributed by atoms with E-state index in [1.807, 2.05) is 38.2 Å². The van der Waals surface area contributed by atoms with Gasteiger partial charge in [0.25, 0.3) is 0 Å². The van der Waals surface area contributed by atoms with Crippen molar-refractivity contribution in [1.29, 1.82) is 0 Å². The maximum Gasteiger partial charge on any atom is 0.130 e. The topological polar surface area (TPSA) is 60.0 Å². The Morgan fingerprint density at radius 3 is 2.60 bits per heavy atom. The Kier molecular flexibility index (Phi) is 6.09. The summed E-state index contributed by atoms with van der Waals surface area (Å²) in [5.74, 6) is 0.777. The lowest BCUT2D eigenvalue weighted by Crippen LogP contribution is -1.94. The SMILES string of the molecule is C.CNc1ccc2cc(SOOO)c(C)c(OC)c2c1. The van der Waals surface area contributed by atoms with Crippen LogP contribution in [0, 0.1) is 6.92 Å². The van der Waals surface area contributed by atoms with Gasteiger partial charge < -0.3 is 10.1 Å². The molecule has 0 bridgehead atoms. The van der Waals surface area contributed by atoms with Crippen LogP contribution >= 0.6 is 12.0 Å². The summed E-state index contributed by atoms with van der Waals surface area (Å²) in [6.07, 6.45) is 0. The largest absolute Gasteiger partial charge is 0.496 e. The highest BCUT2D eigenvalue weighted by atomic mass is 32.2. The summed E-state index contributed by atoms with van der Waals surface area (Å²) in [6, 6.07) is 7.96. The predicted molar refractivity (Wildman–Crippen MR) is 82.2 cm³/mol. The third-order valence-corrected chi connectivity index (χ3v) is 3.67. The first kappa shape index (κ1) is 16.6. The zero-order chi connectivity index (χ0) is 13.8. The second-order valence-electron chi connectivity index (χ2n) is 3.94. The molecule has 20 heavy (non-hydrogen) atoms. The molecule has 0 radical (unpaired) electrons. The van der Waals surface area contributed by atoms with Gasteiger partial charge in [-0.25, -0.2) is 5.26 Å². The highest BCUT2D eigenvalue weighted by Gasteiger charge is 2.12. The van der Waals surface area contributed by atoms with E-state index in [4.69, 9.17) is 9.99 Å². The van der Waals surface area contributed by atoms with Crippen LogP contribution in [0.25, 0.3) is 10.8 Å². The predicted octanol–water partition coefficient (Wildman–Crippen LogP) is 4.26. The first-order chi connectivity index (χ1) is 9.21. The zero-order valence-electron chi connectivity index (χ0n) is 10.9. The average molecular weight is 297 g/mol. The number of fused-ring (bicyclic) bond motifs is 1. The smallest absolute Gasteiger partial charge is 0.130 e. The molecule has 2 rings (SSSR count). The maximum absolute atomic E-state index is 8.24. The van der Waals surface area contributed by atoms with Crippen LogP contribution < -0.4 is 10.1 Å². The molecule has 0 saturated heterocycles. The minimum Gasteiger partial charge on any atom is -0.496 e. The number of hydrogen-bond donors (Lipinski definition) is 2. The summed E-state index contributed by atoms with van der Waals surface area (Å²) in [5, 5.41) is 17.0. The number of methoxy groups -OCH3 is 1. The minimum absolute atomic E-state index is 0. The molecule has 6 heteroatoms. The summed E-state index contributed by atoms with van der Waals surface area (Å²) in [7, 11) is 3.50. The molecular formula is C14H19NO4S. The highest BCUT2D eigenvalue weighted by Crippen LogP contribution is 2.38. The fourth-order valence-corrected chi connectivity index (χ4v) is 2.50. The Morgan fingerprint density at radius 1 is 1.25 bits per heavy atom. The molecule has 0 atom stereocenters. The Bertz CT molecular complexity index is 589. The molecule has 0 fully saturated rings. The lowest BCUT2D eigenvalue weighted by molar-refractivity contribution is -0.432. The van der Waals surface area contributed by atoms with Crippen LogP contribution in [0.1, 0.15) is 13.0 Å². The van der Waals surface area contributed by atoms with Crippen LogP contribution in [-0.2, 0) is 9.37 Å². The molecule has 0 heterocycles.